The lowest BCUT2D eigenvalue weighted by Gasteiger charge is -2.06. The molecule has 0 saturated carbocycles. The van der Waals surface area contributed by atoms with Crippen LogP contribution >= 0.6 is 0 Å². The van der Waals surface area contributed by atoms with Gasteiger partial charge in [0.15, 0.2) is 16.9 Å². The van der Waals surface area contributed by atoms with Crippen LogP contribution in [0.25, 0.3) is 11.2 Å². The zero-order chi connectivity index (χ0) is 16.9. The molecule has 0 amide bonds. The van der Waals surface area contributed by atoms with Gasteiger partial charge in [0, 0.05) is 31.0 Å². The van der Waals surface area contributed by atoms with E-state index in [-0.39, 0.29) is 23.5 Å². The summed E-state index contributed by atoms with van der Waals surface area (Å²) in [5, 5.41) is 0. The first-order chi connectivity index (χ1) is 10.8. The number of nitrogens with zero attached hydrogens (tertiary/aromatic N) is 4. The van der Waals surface area contributed by atoms with E-state index in [1.54, 1.807) is 13.1 Å². The SMILES string of the molecule is Cc1cc(C(=O)Cn2cnc3c2c(=O)n(C)c(=O)n3C)c(C)[nH]1. The third kappa shape index (κ3) is 2.23. The van der Waals surface area contributed by atoms with Crippen LogP contribution in [0.3, 0.4) is 0 Å². The van der Waals surface area contributed by atoms with Crippen molar-refractivity contribution in [3.05, 3.63) is 50.2 Å². The van der Waals surface area contributed by atoms with Crippen molar-refractivity contribution in [1.29, 1.82) is 0 Å². The fourth-order valence-corrected chi connectivity index (χ4v) is 2.77. The molecule has 0 aliphatic heterocycles. The molecule has 8 heteroatoms. The number of H-pyrrole nitrogens is 1. The molecule has 0 unspecified atom stereocenters. The van der Waals surface area contributed by atoms with E-state index in [1.165, 1.54) is 22.5 Å². The molecule has 23 heavy (non-hydrogen) atoms. The molecule has 8 nitrogen and oxygen atoms in total. The molecule has 3 aromatic rings. The molecule has 0 saturated heterocycles. The Balaban J connectivity index is 2.12. The zero-order valence-electron chi connectivity index (χ0n) is 13.4. The van der Waals surface area contributed by atoms with Crippen LogP contribution in [0.2, 0.25) is 0 Å². The summed E-state index contributed by atoms with van der Waals surface area (Å²) in [5.41, 5.74) is 1.88. The van der Waals surface area contributed by atoms with Gasteiger partial charge in [-0.05, 0) is 19.9 Å². The van der Waals surface area contributed by atoms with E-state index in [0.717, 1.165) is 16.0 Å². The second-order valence-corrected chi connectivity index (χ2v) is 5.66. The molecule has 0 radical (unpaired) electrons. The van der Waals surface area contributed by atoms with Gasteiger partial charge in [-0.3, -0.25) is 18.7 Å². The lowest BCUT2D eigenvalue weighted by atomic mass is 10.1. The number of aryl methyl sites for hydroxylation is 3. The van der Waals surface area contributed by atoms with Crippen molar-refractivity contribution in [3.63, 3.8) is 0 Å². The standard InChI is InChI=1S/C15H17N5O3/c1-8-5-10(9(2)17-8)11(21)6-20-7-16-13-12(20)14(22)19(4)15(23)18(13)3/h5,7,17H,6H2,1-4H3. The van der Waals surface area contributed by atoms with Crippen LogP contribution in [0.15, 0.2) is 22.0 Å². The number of rotatable bonds is 3. The Labute approximate surface area is 131 Å². The minimum atomic E-state index is -0.463. The molecule has 1 N–H and O–H groups in total. The van der Waals surface area contributed by atoms with Gasteiger partial charge in [-0.25, -0.2) is 9.78 Å². The Bertz CT molecular complexity index is 1050. The topological polar surface area (TPSA) is 94.7 Å². The lowest BCUT2D eigenvalue weighted by Crippen LogP contribution is -2.37. The van der Waals surface area contributed by atoms with Crippen LogP contribution in [0, 0.1) is 13.8 Å². The number of carbonyl (C=O) groups excluding carboxylic acids is 1. The molecule has 0 aliphatic carbocycles. The van der Waals surface area contributed by atoms with E-state index in [2.05, 4.69) is 9.97 Å². The number of nitrogens with one attached hydrogen (secondary N) is 1. The monoisotopic (exact) mass is 315 g/mol. The van der Waals surface area contributed by atoms with Crippen molar-refractivity contribution in [2.24, 2.45) is 14.1 Å². The Morgan fingerprint density at radius 3 is 2.52 bits per heavy atom. The van der Waals surface area contributed by atoms with Crippen LogP contribution < -0.4 is 11.2 Å². The molecule has 120 valence electrons. The minimum Gasteiger partial charge on any atom is -0.362 e. The van der Waals surface area contributed by atoms with Crippen LogP contribution in [0.1, 0.15) is 21.7 Å². The summed E-state index contributed by atoms with van der Waals surface area (Å²) >= 11 is 0. The summed E-state index contributed by atoms with van der Waals surface area (Å²) in [7, 11) is 2.95. The summed E-state index contributed by atoms with van der Waals surface area (Å²) in [6.45, 7) is 3.69. The van der Waals surface area contributed by atoms with Crippen LogP contribution in [0.5, 0.6) is 0 Å². The molecular weight excluding hydrogens is 298 g/mol. The van der Waals surface area contributed by atoms with Gasteiger partial charge in [0.2, 0.25) is 0 Å². The number of aromatic nitrogens is 5. The van der Waals surface area contributed by atoms with Crippen molar-refractivity contribution in [3.8, 4) is 0 Å². The van der Waals surface area contributed by atoms with Crippen LogP contribution in [-0.2, 0) is 20.6 Å². The van der Waals surface area contributed by atoms with Gasteiger partial charge in [0.1, 0.15) is 0 Å². The predicted octanol–water partition coefficient (Wildman–Crippen LogP) is 0.262. The number of fused-ring (bicyclic) bond motifs is 1. The molecule has 3 rings (SSSR count). The zero-order valence-corrected chi connectivity index (χ0v) is 13.4. The van der Waals surface area contributed by atoms with Crippen LogP contribution in [-0.4, -0.2) is 29.5 Å². The first-order valence-corrected chi connectivity index (χ1v) is 7.11. The fraction of sp³-hybridized carbons (Fsp3) is 0.333. The van der Waals surface area contributed by atoms with Crippen molar-refractivity contribution < 1.29 is 4.79 Å². The molecule has 0 atom stereocenters. The first kappa shape index (κ1) is 15.0. The van der Waals surface area contributed by atoms with Crippen molar-refractivity contribution in [2.75, 3.05) is 0 Å². The van der Waals surface area contributed by atoms with E-state index < -0.39 is 11.2 Å². The molecule has 0 spiro atoms. The van der Waals surface area contributed by atoms with E-state index in [9.17, 15) is 14.4 Å². The number of hydrogen-bond acceptors (Lipinski definition) is 4. The van der Waals surface area contributed by atoms with Crippen molar-refractivity contribution >= 4 is 16.9 Å². The number of Topliss-reactive ketones (excluding diaryl/α,β-unsaturated/α-hetero) is 1. The maximum atomic E-state index is 12.5. The fourth-order valence-electron chi connectivity index (χ4n) is 2.77. The highest BCUT2D eigenvalue weighted by Gasteiger charge is 2.18. The van der Waals surface area contributed by atoms with E-state index in [0.29, 0.717) is 5.56 Å². The second-order valence-electron chi connectivity index (χ2n) is 5.66. The number of carbonyl (C=O) groups is 1. The van der Waals surface area contributed by atoms with E-state index in [1.807, 2.05) is 13.8 Å². The third-order valence-electron chi connectivity index (χ3n) is 3.98. The van der Waals surface area contributed by atoms with Gasteiger partial charge in [-0.15, -0.1) is 0 Å². The molecule has 0 aliphatic rings. The highest BCUT2D eigenvalue weighted by molar-refractivity contribution is 5.97. The van der Waals surface area contributed by atoms with Gasteiger partial charge in [-0.2, -0.15) is 0 Å². The molecule has 0 bridgehead atoms. The number of imidazole rings is 1. The molecule has 3 aromatic heterocycles. The van der Waals surface area contributed by atoms with Gasteiger partial charge in [0.05, 0.1) is 12.9 Å². The summed E-state index contributed by atoms with van der Waals surface area (Å²) < 4.78 is 3.79. The predicted molar refractivity (Wildman–Crippen MR) is 84.8 cm³/mol. The smallest absolute Gasteiger partial charge is 0.332 e. The third-order valence-corrected chi connectivity index (χ3v) is 3.98. The Hall–Kier alpha value is -2.90. The van der Waals surface area contributed by atoms with E-state index in [4.69, 9.17) is 0 Å². The van der Waals surface area contributed by atoms with Gasteiger partial charge < -0.3 is 9.55 Å². The average Bonchev–Trinajstić information content (AvgIpc) is 3.06. The number of ketones is 1. The van der Waals surface area contributed by atoms with Crippen molar-refractivity contribution in [2.45, 2.75) is 20.4 Å². The molecule has 0 fully saturated rings. The Kier molecular flexibility index (Phi) is 3.32. The molecule has 0 aromatic carbocycles. The average molecular weight is 315 g/mol. The summed E-state index contributed by atoms with van der Waals surface area (Å²) in [6.07, 6.45) is 1.41. The number of aromatic amines is 1. The Morgan fingerprint density at radius 2 is 1.91 bits per heavy atom. The number of hydrogen-bond donors (Lipinski definition) is 1. The minimum absolute atomic E-state index is 0.0118. The molecular formula is C15H17N5O3. The van der Waals surface area contributed by atoms with Gasteiger partial charge in [-0.1, -0.05) is 0 Å². The van der Waals surface area contributed by atoms with Crippen molar-refractivity contribution in [1.82, 2.24) is 23.7 Å². The molecule has 3 heterocycles. The van der Waals surface area contributed by atoms with Gasteiger partial charge in [0.25, 0.3) is 5.56 Å². The largest absolute Gasteiger partial charge is 0.362 e. The highest BCUT2D eigenvalue weighted by Crippen LogP contribution is 2.13. The van der Waals surface area contributed by atoms with Gasteiger partial charge >= 0.3 is 5.69 Å². The highest BCUT2D eigenvalue weighted by atomic mass is 16.2. The summed E-state index contributed by atoms with van der Waals surface area (Å²) in [6, 6.07) is 1.78. The second kappa shape index (κ2) is 5.08. The maximum Gasteiger partial charge on any atom is 0.332 e. The maximum absolute atomic E-state index is 12.5. The summed E-state index contributed by atoms with van der Waals surface area (Å²) in [5.74, 6) is -0.123. The van der Waals surface area contributed by atoms with Crippen LogP contribution in [0.4, 0.5) is 0 Å². The Morgan fingerprint density at radius 1 is 1.22 bits per heavy atom. The lowest BCUT2D eigenvalue weighted by molar-refractivity contribution is 0.0973. The first-order valence-electron chi connectivity index (χ1n) is 7.11. The quantitative estimate of drug-likeness (QED) is 0.702. The summed E-state index contributed by atoms with van der Waals surface area (Å²) in [4.78, 5) is 43.9. The van der Waals surface area contributed by atoms with E-state index >= 15 is 0 Å². The normalized spacial score (nSPS) is 11.3.